The van der Waals surface area contributed by atoms with Crippen LogP contribution in [0.1, 0.15) is 37.8 Å². The zero-order valence-corrected chi connectivity index (χ0v) is 12.8. The molecule has 0 amide bonds. The standard InChI is InChI=1S/C17H26FNO/c1-13(2)12-19-8-6-17(20,7-9-19)11-15-4-5-16(18)10-14(15)3/h4-5,10,13,20H,6-9,11-12H2,1-3H3. The molecule has 3 heteroatoms. The summed E-state index contributed by atoms with van der Waals surface area (Å²) in [5.41, 5.74) is 1.37. The molecular formula is C17H26FNO. The number of nitrogens with zero attached hydrogens (tertiary/aromatic N) is 1. The van der Waals surface area contributed by atoms with E-state index < -0.39 is 5.60 Å². The number of likely N-dealkylation sites (tertiary alicyclic amines) is 1. The lowest BCUT2D eigenvalue weighted by molar-refractivity contribution is -0.0228. The Balaban J connectivity index is 1.96. The van der Waals surface area contributed by atoms with Crippen LogP contribution in [-0.4, -0.2) is 35.2 Å². The molecule has 0 unspecified atom stereocenters. The second-order valence-electron chi connectivity index (χ2n) is 6.67. The fourth-order valence-corrected chi connectivity index (χ4v) is 3.06. The molecule has 0 aromatic heterocycles. The maximum Gasteiger partial charge on any atom is 0.123 e. The van der Waals surface area contributed by atoms with Gasteiger partial charge in [-0.3, -0.25) is 0 Å². The molecule has 2 nitrogen and oxygen atoms in total. The quantitative estimate of drug-likeness (QED) is 0.915. The molecular weight excluding hydrogens is 253 g/mol. The van der Waals surface area contributed by atoms with Gasteiger partial charge in [-0.1, -0.05) is 19.9 Å². The van der Waals surface area contributed by atoms with Gasteiger partial charge in [0.05, 0.1) is 5.60 Å². The molecule has 1 aromatic carbocycles. The fraction of sp³-hybridized carbons (Fsp3) is 0.647. The highest BCUT2D eigenvalue weighted by atomic mass is 19.1. The van der Waals surface area contributed by atoms with E-state index in [9.17, 15) is 9.50 Å². The number of benzene rings is 1. The average Bonchev–Trinajstić information content (AvgIpc) is 2.36. The van der Waals surface area contributed by atoms with Crippen molar-refractivity contribution in [1.82, 2.24) is 4.90 Å². The maximum atomic E-state index is 13.1. The molecule has 1 aromatic rings. The second kappa shape index (κ2) is 6.23. The number of aliphatic hydroxyl groups is 1. The first-order chi connectivity index (χ1) is 9.38. The third-order valence-electron chi connectivity index (χ3n) is 4.23. The smallest absolute Gasteiger partial charge is 0.123 e. The SMILES string of the molecule is Cc1cc(F)ccc1CC1(O)CCN(CC(C)C)CC1. The molecule has 1 aliphatic heterocycles. The average molecular weight is 279 g/mol. The molecule has 20 heavy (non-hydrogen) atoms. The highest BCUT2D eigenvalue weighted by molar-refractivity contribution is 5.28. The van der Waals surface area contributed by atoms with Crippen LogP contribution < -0.4 is 0 Å². The largest absolute Gasteiger partial charge is 0.389 e. The van der Waals surface area contributed by atoms with Gasteiger partial charge in [-0.15, -0.1) is 0 Å². The molecule has 0 saturated carbocycles. The van der Waals surface area contributed by atoms with E-state index in [0.717, 1.165) is 43.6 Å². The monoisotopic (exact) mass is 279 g/mol. The Bertz CT molecular complexity index is 450. The van der Waals surface area contributed by atoms with E-state index >= 15 is 0 Å². The second-order valence-corrected chi connectivity index (χ2v) is 6.67. The predicted molar refractivity (Wildman–Crippen MR) is 80.3 cm³/mol. The normalized spacial score (nSPS) is 19.5. The molecule has 112 valence electrons. The number of rotatable bonds is 4. The Kier molecular flexibility index (Phi) is 4.82. The summed E-state index contributed by atoms with van der Waals surface area (Å²) in [6.45, 7) is 9.37. The maximum absolute atomic E-state index is 13.1. The van der Waals surface area contributed by atoms with Crippen LogP contribution in [0.15, 0.2) is 18.2 Å². The van der Waals surface area contributed by atoms with Gasteiger partial charge in [0.15, 0.2) is 0 Å². The van der Waals surface area contributed by atoms with Gasteiger partial charge in [0.25, 0.3) is 0 Å². The summed E-state index contributed by atoms with van der Waals surface area (Å²) < 4.78 is 13.1. The Morgan fingerprint density at radius 1 is 1.30 bits per heavy atom. The van der Waals surface area contributed by atoms with E-state index in [4.69, 9.17) is 0 Å². The van der Waals surface area contributed by atoms with E-state index in [2.05, 4.69) is 18.7 Å². The number of halogens is 1. The van der Waals surface area contributed by atoms with E-state index in [1.807, 2.05) is 13.0 Å². The molecule has 0 bridgehead atoms. The van der Waals surface area contributed by atoms with Crippen LogP contribution >= 0.6 is 0 Å². The first-order valence-corrected chi connectivity index (χ1v) is 7.58. The minimum absolute atomic E-state index is 0.204. The van der Waals surface area contributed by atoms with Crippen LogP contribution in [0.25, 0.3) is 0 Å². The molecule has 1 heterocycles. The van der Waals surface area contributed by atoms with Gasteiger partial charge in [-0.05, 0) is 48.9 Å². The summed E-state index contributed by atoms with van der Waals surface area (Å²) in [4.78, 5) is 2.43. The van der Waals surface area contributed by atoms with E-state index in [0.29, 0.717) is 12.3 Å². The zero-order valence-electron chi connectivity index (χ0n) is 12.8. The van der Waals surface area contributed by atoms with Crippen molar-refractivity contribution in [1.29, 1.82) is 0 Å². The van der Waals surface area contributed by atoms with Gasteiger partial charge in [0.2, 0.25) is 0 Å². The molecule has 1 fully saturated rings. The first kappa shape index (κ1) is 15.5. The van der Waals surface area contributed by atoms with Crippen molar-refractivity contribution in [2.75, 3.05) is 19.6 Å². The van der Waals surface area contributed by atoms with Crippen molar-refractivity contribution in [3.63, 3.8) is 0 Å². The third-order valence-corrected chi connectivity index (χ3v) is 4.23. The summed E-state index contributed by atoms with van der Waals surface area (Å²) in [7, 11) is 0. The van der Waals surface area contributed by atoms with E-state index in [1.165, 1.54) is 6.07 Å². The summed E-state index contributed by atoms with van der Waals surface area (Å²) in [5, 5.41) is 10.7. The summed E-state index contributed by atoms with van der Waals surface area (Å²) in [5.74, 6) is 0.463. The van der Waals surface area contributed by atoms with Gasteiger partial charge >= 0.3 is 0 Å². The van der Waals surface area contributed by atoms with E-state index in [1.54, 1.807) is 6.07 Å². The van der Waals surface area contributed by atoms with Crippen molar-refractivity contribution in [2.24, 2.45) is 5.92 Å². The van der Waals surface area contributed by atoms with Crippen LogP contribution in [0.5, 0.6) is 0 Å². The van der Waals surface area contributed by atoms with Crippen LogP contribution in [0.2, 0.25) is 0 Å². The molecule has 0 aliphatic carbocycles. The van der Waals surface area contributed by atoms with E-state index in [-0.39, 0.29) is 5.82 Å². The van der Waals surface area contributed by atoms with Crippen molar-refractivity contribution in [3.8, 4) is 0 Å². The van der Waals surface area contributed by atoms with Crippen LogP contribution in [-0.2, 0) is 6.42 Å². The highest BCUT2D eigenvalue weighted by Gasteiger charge is 2.32. The van der Waals surface area contributed by atoms with Crippen molar-refractivity contribution in [2.45, 2.75) is 45.6 Å². The first-order valence-electron chi connectivity index (χ1n) is 7.58. The lowest BCUT2D eigenvalue weighted by atomic mass is 9.84. The van der Waals surface area contributed by atoms with Gasteiger partial charge in [0, 0.05) is 26.1 Å². The van der Waals surface area contributed by atoms with Crippen molar-refractivity contribution in [3.05, 3.63) is 35.1 Å². The third kappa shape index (κ3) is 4.03. The molecule has 0 radical (unpaired) electrons. The highest BCUT2D eigenvalue weighted by Crippen LogP contribution is 2.28. The molecule has 0 atom stereocenters. The lowest BCUT2D eigenvalue weighted by Gasteiger charge is -2.39. The minimum atomic E-state index is -0.629. The number of hydrogen-bond acceptors (Lipinski definition) is 2. The number of hydrogen-bond donors (Lipinski definition) is 1. The molecule has 2 rings (SSSR count). The Morgan fingerprint density at radius 2 is 1.95 bits per heavy atom. The fourth-order valence-electron chi connectivity index (χ4n) is 3.06. The Hall–Kier alpha value is -0.930. The van der Waals surface area contributed by atoms with Crippen LogP contribution in [0.3, 0.4) is 0 Å². The molecule has 0 spiro atoms. The molecule has 1 saturated heterocycles. The summed E-state index contributed by atoms with van der Waals surface area (Å²) in [6, 6.07) is 4.84. The molecule has 1 aliphatic rings. The lowest BCUT2D eigenvalue weighted by Crippen LogP contribution is -2.46. The number of aryl methyl sites for hydroxylation is 1. The Morgan fingerprint density at radius 3 is 2.50 bits per heavy atom. The summed E-state index contributed by atoms with van der Waals surface area (Å²) >= 11 is 0. The summed E-state index contributed by atoms with van der Waals surface area (Å²) in [6.07, 6.45) is 2.24. The Labute approximate surface area is 121 Å². The predicted octanol–water partition coefficient (Wildman–Crippen LogP) is 3.16. The minimum Gasteiger partial charge on any atom is -0.389 e. The van der Waals surface area contributed by atoms with Crippen LogP contribution in [0.4, 0.5) is 4.39 Å². The van der Waals surface area contributed by atoms with Gasteiger partial charge in [0.1, 0.15) is 5.82 Å². The van der Waals surface area contributed by atoms with Crippen LogP contribution in [0, 0.1) is 18.7 Å². The molecule has 1 N–H and O–H groups in total. The van der Waals surface area contributed by atoms with Gasteiger partial charge in [-0.2, -0.15) is 0 Å². The number of piperidine rings is 1. The zero-order chi connectivity index (χ0) is 14.8. The topological polar surface area (TPSA) is 23.5 Å². The van der Waals surface area contributed by atoms with Crippen molar-refractivity contribution < 1.29 is 9.50 Å². The van der Waals surface area contributed by atoms with Gasteiger partial charge in [-0.25, -0.2) is 4.39 Å². The van der Waals surface area contributed by atoms with Crippen molar-refractivity contribution >= 4 is 0 Å². The van der Waals surface area contributed by atoms with Gasteiger partial charge < -0.3 is 10.0 Å².